The minimum absolute atomic E-state index is 0.0749. The molecule has 92 valence electrons. The van der Waals surface area contributed by atoms with Gasteiger partial charge >= 0.3 is 5.97 Å². The Morgan fingerprint density at radius 3 is 2.41 bits per heavy atom. The lowest BCUT2D eigenvalue weighted by molar-refractivity contribution is -0.119. The Kier molecular flexibility index (Phi) is 5.00. The fourth-order valence-electron chi connectivity index (χ4n) is 1.24. The number of benzene rings is 1. The Hall–Kier alpha value is -2.04. The standard InChI is InChI=1S/C12H16N2O3/c1-2-7-13-11(15)8-14-10-5-3-9(4-6-10)12(16)17/h3-6,14H,2,7-8H2,1H3,(H,13,15)(H,16,17). The van der Waals surface area contributed by atoms with Crippen molar-refractivity contribution in [1.82, 2.24) is 5.32 Å². The van der Waals surface area contributed by atoms with Crippen LogP contribution in [0, 0.1) is 0 Å². The van der Waals surface area contributed by atoms with Gasteiger partial charge in [0.15, 0.2) is 0 Å². The van der Waals surface area contributed by atoms with E-state index in [1.54, 1.807) is 12.1 Å². The minimum Gasteiger partial charge on any atom is -0.478 e. The number of hydrogen-bond donors (Lipinski definition) is 3. The van der Waals surface area contributed by atoms with Crippen molar-refractivity contribution in [3.63, 3.8) is 0 Å². The van der Waals surface area contributed by atoms with Gasteiger partial charge in [-0.1, -0.05) is 6.92 Å². The molecule has 5 nitrogen and oxygen atoms in total. The molecule has 0 aromatic heterocycles. The lowest BCUT2D eigenvalue weighted by Crippen LogP contribution is -2.30. The number of carboxylic acids is 1. The Balaban J connectivity index is 2.42. The number of anilines is 1. The van der Waals surface area contributed by atoms with Gasteiger partial charge in [-0.3, -0.25) is 4.79 Å². The molecule has 1 aromatic rings. The van der Waals surface area contributed by atoms with Crippen molar-refractivity contribution < 1.29 is 14.7 Å². The van der Waals surface area contributed by atoms with E-state index in [2.05, 4.69) is 10.6 Å². The zero-order chi connectivity index (χ0) is 12.7. The lowest BCUT2D eigenvalue weighted by Gasteiger charge is -2.07. The Labute approximate surface area is 99.8 Å². The van der Waals surface area contributed by atoms with E-state index in [9.17, 15) is 9.59 Å². The van der Waals surface area contributed by atoms with Gasteiger partial charge in [0, 0.05) is 12.2 Å². The summed E-state index contributed by atoms with van der Waals surface area (Å²) in [5.41, 5.74) is 0.952. The predicted molar refractivity (Wildman–Crippen MR) is 65.2 cm³/mol. The highest BCUT2D eigenvalue weighted by atomic mass is 16.4. The van der Waals surface area contributed by atoms with Gasteiger partial charge in [0.25, 0.3) is 0 Å². The molecule has 0 saturated heterocycles. The first-order chi connectivity index (χ1) is 8.13. The lowest BCUT2D eigenvalue weighted by atomic mass is 10.2. The number of hydrogen-bond acceptors (Lipinski definition) is 3. The quantitative estimate of drug-likeness (QED) is 0.696. The zero-order valence-electron chi connectivity index (χ0n) is 9.69. The van der Waals surface area contributed by atoms with Gasteiger partial charge in [0.05, 0.1) is 12.1 Å². The van der Waals surface area contributed by atoms with Gasteiger partial charge in [-0.25, -0.2) is 4.79 Å². The normalized spacial score (nSPS) is 9.71. The summed E-state index contributed by atoms with van der Waals surface area (Å²) in [6.45, 7) is 2.84. The average Bonchev–Trinajstić information content (AvgIpc) is 2.34. The maximum Gasteiger partial charge on any atom is 0.335 e. The molecular formula is C12H16N2O3. The first-order valence-electron chi connectivity index (χ1n) is 5.47. The van der Waals surface area contributed by atoms with Gasteiger partial charge < -0.3 is 15.7 Å². The summed E-state index contributed by atoms with van der Waals surface area (Å²) in [5.74, 6) is -1.04. The molecule has 5 heteroatoms. The number of carbonyl (C=O) groups is 2. The molecule has 0 atom stereocenters. The van der Waals surface area contributed by atoms with Gasteiger partial charge in [0.1, 0.15) is 0 Å². The second kappa shape index (κ2) is 6.52. The smallest absolute Gasteiger partial charge is 0.335 e. The van der Waals surface area contributed by atoms with Gasteiger partial charge in [-0.2, -0.15) is 0 Å². The fourth-order valence-corrected chi connectivity index (χ4v) is 1.24. The van der Waals surface area contributed by atoms with Crippen molar-refractivity contribution in [3.05, 3.63) is 29.8 Å². The first-order valence-corrected chi connectivity index (χ1v) is 5.47. The Morgan fingerprint density at radius 1 is 1.24 bits per heavy atom. The van der Waals surface area contributed by atoms with Crippen LogP contribution < -0.4 is 10.6 Å². The summed E-state index contributed by atoms with van der Waals surface area (Å²) in [7, 11) is 0. The van der Waals surface area contributed by atoms with Crippen LogP contribution in [0.1, 0.15) is 23.7 Å². The Bertz CT molecular complexity index is 387. The third kappa shape index (κ3) is 4.55. The minimum atomic E-state index is -0.961. The fraction of sp³-hybridized carbons (Fsp3) is 0.333. The predicted octanol–water partition coefficient (Wildman–Crippen LogP) is 1.32. The summed E-state index contributed by atoms with van der Waals surface area (Å²) in [6, 6.07) is 6.26. The second-order valence-electron chi connectivity index (χ2n) is 3.59. The maximum absolute atomic E-state index is 11.3. The largest absolute Gasteiger partial charge is 0.478 e. The van der Waals surface area contributed by atoms with Crippen LogP contribution in [0.25, 0.3) is 0 Å². The third-order valence-electron chi connectivity index (χ3n) is 2.16. The summed E-state index contributed by atoms with van der Waals surface area (Å²) in [4.78, 5) is 21.9. The molecular weight excluding hydrogens is 220 g/mol. The number of aromatic carboxylic acids is 1. The van der Waals surface area contributed by atoms with E-state index in [1.807, 2.05) is 6.92 Å². The van der Waals surface area contributed by atoms with E-state index in [0.717, 1.165) is 12.1 Å². The van der Waals surface area contributed by atoms with E-state index in [4.69, 9.17) is 5.11 Å². The molecule has 17 heavy (non-hydrogen) atoms. The molecule has 0 unspecified atom stereocenters. The van der Waals surface area contributed by atoms with Crippen LogP contribution in [-0.4, -0.2) is 30.1 Å². The molecule has 3 N–H and O–H groups in total. The molecule has 1 amide bonds. The van der Waals surface area contributed by atoms with Crippen LogP contribution >= 0.6 is 0 Å². The molecule has 0 bridgehead atoms. The first kappa shape index (κ1) is 13.0. The molecule has 0 fully saturated rings. The van der Waals surface area contributed by atoms with E-state index in [-0.39, 0.29) is 18.0 Å². The van der Waals surface area contributed by atoms with Crippen molar-refractivity contribution in [1.29, 1.82) is 0 Å². The zero-order valence-corrected chi connectivity index (χ0v) is 9.69. The van der Waals surface area contributed by atoms with E-state index in [0.29, 0.717) is 6.54 Å². The van der Waals surface area contributed by atoms with Crippen molar-refractivity contribution in [3.8, 4) is 0 Å². The molecule has 0 heterocycles. The number of amides is 1. The molecule has 1 rings (SSSR count). The number of rotatable bonds is 6. The van der Waals surface area contributed by atoms with Crippen LogP contribution in [0.5, 0.6) is 0 Å². The number of nitrogens with one attached hydrogen (secondary N) is 2. The highest BCUT2D eigenvalue weighted by molar-refractivity contribution is 5.88. The van der Waals surface area contributed by atoms with Crippen LogP contribution in [0.3, 0.4) is 0 Å². The van der Waals surface area contributed by atoms with Gasteiger partial charge in [-0.15, -0.1) is 0 Å². The van der Waals surface area contributed by atoms with Crippen LogP contribution in [-0.2, 0) is 4.79 Å². The molecule has 0 aliphatic carbocycles. The van der Waals surface area contributed by atoms with E-state index in [1.165, 1.54) is 12.1 Å². The molecule has 0 saturated carbocycles. The molecule has 0 spiro atoms. The van der Waals surface area contributed by atoms with Crippen molar-refractivity contribution >= 4 is 17.6 Å². The van der Waals surface area contributed by atoms with Gasteiger partial charge in [0.2, 0.25) is 5.91 Å². The third-order valence-corrected chi connectivity index (χ3v) is 2.16. The highest BCUT2D eigenvalue weighted by Gasteiger charge is 2.02. The van der Waals surface area contributed by atoms with Crippen molar-refractivity contribution in [2.45, 2.75) is 13.3 Å². The molecule has 0 radical (unpaired) electrons. The van der Waals surface area contributed by atoms with E-state index < -0.39 is 5.97 Å². The maximum atomic E-state index is 11.3. The van der Waals surface area contributed by atoms with Crippen LogP contribution in [0.2, 0.25) is 0 Å². The Morgan fingerprint density at radius 2 is 1.88 bits per heavy atom. The molecule has 0 aliphatic rings. The summed E-state index contributed by atoms with van der Waals surface area (Å²) >= 11 is 0. The summed E-state index contributed by atoms with van der Waals surface area (Å²) in [6.07, 6.45) is 0.902. The van der Waals surface area contributed by atoms with Crippen molar-refractivity contribution in [2.75, 3.05) is 18.4 Å². The molecule has 0 aliphatic heterocycles. The SMILES string of the molecule is CCCNC(=O)CNc1ccc(C(=O)O)cc1. The topological polar surface area (TPSA) is 78.4 Å². The number of carboxylic acid groups (broad SMARTS) is 1. The van der Waals surface area contributed by atoms with Crippen molar-refractivity contribution in [2.24, 2.45) is 0 Å². The molecule has 1 aromatic carbocycles. The van der Waals surface area contributed by atoms with Crippen LogP contribution in [0.4, 0.5) is 5.69 Å². The average molecular weight is 236 g/mol. The highest BCUT2D eigenvalue weighted by Crippen LogP contribution is 2.08. The van der Waals surface area contributed by atoms with E-state index >= 15 is 0 Å². The van der Waals surface area contributed by atoms with Gasteiger partial charge in [-0.05, 0) is 30.7 Å². The van der Waals surface area contributed by atoms with Crippen LogP contribution in [0.15, 0.2) is 24.3 Å². The number of carbonyl (C=O) groups excluding carboxylic acids is 1. The summed E-state index contributed by atoms with van der Waals surface area (Å²) < 4.78 is 0. The summed E-state index contributed by atoms with van der Waals surface area (Å²) in [5, 5.41) is 14.4. The monoisotopic (exact) mass is 236 g/mol. The second-order valence-corrected chi connectivity index (χ2v) is 3.59.